The largest absolute Gasteiger partial charge is 1.00 e. The van der Waals surface area contributed by atoms with E-state index in [1.807, 2.05) is 18.2 Å². The van der Waals surface area contributed by atoms with Crippen LogP contribution in [0.15, 0.2) is 24.4 Å². The summed E-state index contributed by atoms with van der Waals surface area (Å²) >= 11 is 0. The molecule has 0 fully saturated rings. The van der Waals surface area contributed by atoms with Crippen molar-refractivity contribution in [1.82, 2.24) is 10.3 Å². The number of hydrogen-bond acceptors (Lipinski definition) is 5. The van der Waals surface area contributed by atoms with Crippen molar-refractivity contribution in [3.63, 3.8) is 0 Å². The normalized spacial score (nSPS) is 9.26. The van der Waals surface area contributed by atoms with Gasteiger partial charge in [0.05, 0.1) is 0 Å². The number of carbonyl (C=O) groups excluding carboxylic acids is 2. The van der Waals surface area contributed by atoms with Crippen molar-refractivity contribution in [3.05, 3.63) is 24.4 Å². The first kappa shape index (κ1) is 17.9. The molecule has 0 saturated heterocycles. The van der Waals surface area contributed by atoms with Crippen LogP contribution in [0.1, 0.15) is 19.3 Å². The average molecular weight is 273 g/mol. The first-order valence-electron chi connectivity index (χ1n) is 5.80. The van der Waals surface area contributed by atoms with Gasteiger partial charge in [-0.15, -0.1) is 0 Å². The number of nitrogens with one attached hydrogen (secondary N) is 2. The molecule has 1 heterocycles. The van der Waals surface area contributed by atoms with Crippen LogP contribution in [0.5, 0.6) is 0 Å². The minimum absolute atomic E-state index is 0. The Bertz CT molecular complexity index is 387. The zero-order valence-corrected chi connectivity index (χ0v) is 13.0. The molecule has 1 aromatic heterocycles. The van der Waals surface area contributed by atoms with Gasteiger partial charge in [-0.2, -0.15) is 0 Å². The predicted molar refractivity (Wildman–Crippen MR) is 64.6 cm³/mol. The molecule has 2 N–H and O–H groups in total. The molecule has 1 amide bonds. The monoisotopic (exact) mass is 273 g/mol. The van der Waals surface area contributed by atoms with E-state index in [0.29, 0.717) is 19.5 Å². The zero-order chi connectivity index (χ0) is 13.2. The Morgan fingerprint density at radius 2 is 2.00 bits per heavy atom. The van der Waals surface area contributed by atoms with Gasteiger partial charge in [-0.1, -0.05) is 6.07 Å². The number of amides is 1. The van der Waals surface area contributed by atoms with Crippen molar-refractivity contribution >= 4 is 17.7 Å². The Labute approximate surface area is 134 Å². The van der Waals surface area contributed by atoms with E-state index in [4.69, 9.17) is 0 Å². The fourth-order valence-corrected chi connectivity index (χ4v) is 1.34. The summed E-state index contributed by atoms with van der Waals surface area (Å²) in [5, 5.41) is 15.9. The standard InChI is InChI=1S/C12H17N3O3.Na/c16-11(5-3-6-12(17)18)15-9-8-14-10-4-1-2-7-13-10;/h1-2,4,7H,3,5-6,8-9H2,(H,13,14)(H,15,16)(H,17,18);/q;+1/p-1. The molecular weight excluding hydrogens is 257 g/mol. The van der Waals surface area contributed by atoms with E-state index in [-0.39, 0.29) is 48.3 Å². The van der Waals surface area contributed by atoms with Crippen LogP contribution in [0.3, 0.4) is 0 Å². The minimum atomic E-state index is -1.13. The molecule has 0 spiro atoms. The number of aliphatic carboxylic acids is 1. The maximum absolute atomic E-state index is 11.3. The van der Waals surface area contributed by atoms with Crippen molar-refractivity contribution in [1.29, 1.82) is 0 Å². The number of nitrogens with zero attached hydrogens (tertiary/aromatic N) is 1. The van der Waals surface area contributed by atoms with Crippen LogP contribution in [0, 0.1) is 0 Å². The van der Waals surface area contributed by atoms with Crippen LogP contribution >= 0.6 is 0 Å². The first-order valence-corrected chi connectivity index (χ1v) is 5.80. The SMILES string of the molecule is O=C([O-])CCCC(=O)NCCNc1ccccn1.[Na+]. The van der Waals surface area contributed by atoms with E-state index in [1.165, 1.54) is 0 Å². The van der Waals surface area contributed by atoms with E-state index < -0.39 is 5.97 Å². The molecule has 0 aliphatic heterocycles. The summed E-state index contributed by atoms with van der Waals surface area (Å²) in [6.07, 6.45) is 2.11. The molecule has 0 unspecified atom stereocenters. The summed E-state index contributed by atoms with van der Waals surface area (Å²) in [5.74, 6) is -0.526. The number of rotatable bonds is 8. The van der Waals surface area contributed by atoms with Crippen molar-refractivity contribution < 1.29 is 44.3 Å². The van der Waals surface area contributed by atoms with Crippen LogP contribution in [-0.2, 0) is 9.59 Å². The second-order valence-electron chi connectivity index (χ2n) is 3.72. The number of hydrogen-bond donors (Lipinski definition) is 2. The topological polar surface area (TPSA) is 94.1 Å². The Balaban J connectivity index is 0.00000324. The van der Waals surface area contributed by atoms with Gasteiger partial charge in [-0.25, -0.2) is 4.98 Å². The molecule has 0 radical (unpaired) electrons. The van der Waals surface area contributed by atoms with Gasteiger partial charge < -0.3 is 20.5 Å². The van der Waals surface area contributed by atoms with Gasteiger partial charge in [-0.3, -0.25) is 4.79 Å². The number of carbonyl (C=O) groups is 2. The van der Waals surface area contributed by atoms with E-state index in [2.05, 4.69) is 15.6 Å². The third-order valence-corrected chi connectivity index (χ3v) is 2.20. The molecule has 0 aliphatic carbocycles. The van der Waals surface area contributed by atoms with Gasteiger partial charge in [0.2, 0.25) is 5.91 Å². The van der Waals surface area contributed by atoms with Gasteiger partial charge in [0.1, 0.15) is 5.82 Å². The zero-order valence-electron chi connectivity index (χ0n) is 11.0. The summed E-state index contributed by atoms with van der Waals surface area (Å²) in [6, 6.07) is 5.53. The molecule has 6 nitrogen and oxygen atoms in total. The fourth-order valence-electron chi connectivity index (χ4n) is 1.34. The molecular formula is C12H16N3NaO3. The third kappa shape index (κ3) is 9.47. The second-order valence-corrected chi connectivity index (χ2v) is 3.72. The third-order valence-electron chi connectivity index (χ3n) is 2.20. The van der Waals surface area contributed by atoms with Crippen molar-refractivity contribution in [2.24, 2.45) is 0 Å². The van der Waals surface area contributed by atoms with E-state index >= 15 is 0 Å². The van der Waals surface area contributed by atoms with Crippen LogP contribution in [-0.4, -0.2) is 29.9 Å². The van der Waals surface area contributed by atoms with E-state index in [0.717, 1.165) is 5.82 Å². The Morgan fingerprint density at radius 1 is 1.21 bits per heavy atom. The summed E-state index contributed by atoms with van der Waals surface area (Å²) in [7, 11) is 0. The number of carboxylic acid groups (broad SMARTS) is 1. The second kappa shape index (κ2) is 10.8. The maximum atomic E-state index is 11.3. The Morgan fingerprint density at radius 3 is 2.63 bits per heavy atom. The van der Waals surface area contributed by atoms with Crippen LogP contribution in [0.25, 0.3) is 0 Å². The maximum Gasteiger partial charge on any atom is 1.00 e. The Hall–Kier alpha value is -1.11. The van der Waals surface area contributed by atoms with Crippen molar-refractivity contribution in [2.75, 3.05) is 18.4 Å². The quantitative estimate of drug-likeness (QED) is 0.379. The molecule has 0 aromatic carbocycles. The summed E-state index contributed by atoms with van der Waals surface area (Å²) in [6.45, 7) is 1.05. The predicted octanol–water partition coefficient (Wildman–Crippen LogP) is -3.47. The molecule has 7 heteroatoms. The molecule has 19 heavy (non-hydrogen) atoms. The molecule has 98 valence electrons. The van der Waals surface area contributed by atoms with Crippen LogP contribution < -0.4 is 45.3 Å². The van der Waals surface area contributed by atoms with E-state index in [1.54, 1.807) is 6.20 Å². The number of carboxylic acids is 1. The first-order chi connectivity index (χ1) is 8.68. The Kier molecular flexibility index (Phi) is 10.1. The summed E-state index contributed by atoms with van der Waals surface area (Å²) in [4.78, 5) is 25.5. The van der Waals surface area contributed by atoms with Gasteiger partial charge in [0.25, 0.3) is 0 Å². The molecule has 0 bridgehead atoms. The average Bonchev–Trinajstić information content (AvgIpc) is 2.35. The summed E-state index contributed by atoms with van der Waals surface area (Å²) in [5.41, 5.74) is 0. The molecule has 1 aromatic rings. The smallest absolute Gasteiger partial charge is 0.550 e. The van der Waals surface area contributed by atoms with Crippen LogP contribution in [0.4, 0.5) is 5.82 Å². The number of anilines is 1. The molecule has 1 rings (SSSR count). The molecule has 0 aliphatic rings. The molecule has 0 atom stereocenters. The number of pyridine rings is 1. The van der Waals surface area contributed by atoms with Crippen LogP contribution in [0.2, 0.25) is 0 Å². The summed E-state index contributed by atoms with van der Waals surface area (Å²) < 4.78 is 0. The van der Waals surface area contributed by atoms with Gasteiger partial charge in [0.15, 0.2) is 0 Å². The van der Waals surface area contributed by atoms with Crippen molar-refractivity contribution in [3.8, 4) is 0 Å². The molecule has 0 saturated carbocycles. The van der Waals surface area contributed by atoms with E-state index in [9.17, 15) is 14.7 Å². The minimum Gasteiger partial charge on any atom is -0.550 e. The van der Waals surface area contributed by atoms with Gasteiger partial charge in [-0.05, 0) is 25.0 Å². The van der Waals surface area contributed by atoms with Gasteiger partial charge in [0, 0.05) is 31.7 Å². The van der Waals surface area contributed by atoms with Gasteiger partial charge >= 0.3 is 29.6 Å². The number of aromatic nitrogens is 1. The van der Waals surface area contributed by atoms with Crippen molar-refractivity contribution in [2.45, 2.75) is 19.3 Å². The fraction of sp³-hybridized carbons (Fsp3) is 0.417.